The molecule has 0 saturated carbocycles. The third kappa shape index (κ3) is 7.48. The maximum atomic E-state index is 9.71. The Bertz CT molecular complexity index is 6220. The van der Waals surface area contributed by atoms with Crippen molar-refractivity contribution >= 4 is 123 Å². The first-order valence-corrected chi connectivity index (χ1v) is 29.5. The lowest BCUT2D eigenvalue weighted by atomic mass is 9.33. The molecule has 0 N–H and O–H groups in total. The molecule has 0 spiro atoms. The summed E-state index contributed by atoms with van der Waals surface area (Å²) in [5, 5.41) is 3.44. The van der Waals surface area contributed by atoms with E-state index in [9.17, 15) is 8.22 Å². The van der Waals surface area contributed by atoms with E-state index in [4.69, 9.17) is 14.0 Å². The van der Waals surface area contributed by atoms with E-state index in [2.05, 4.69) is 132 Å². The van der Waals surface area contributed by atoms with Crippen LogP contribution in [0.3, 0.4) is 0 Å². The van der Waals surface area contributed by atoms with Crippen LogP contribution in [-0.2, 0) is 5.41 Å². The Balaban J connectivity index is 1.05. The largest absolute Gasteiger partial charge is 0.456 e. The van der Waals surface area contributed by atoms with Crippen LogP contribution in [0.15, 0.2) is 295 Å². The summed E-state index contributed by atoms with van der Waals surface area (Å²) in [4.78, 5) is 4.63. The van der Waals surface area contributed by atoms with Gasteiger partial charge >= 0.3 is 0 Å². The summed E-state index contributed by atoms with van der Waals surface area (Å²) in [6.07, 6.45) is 0. The fraction of sp³-hybridized carbons (Fsp3) is 0.0488. The van der Waals surface area contributed by atoms with E-state index in [0.717, 1.165) is 105 Å². The molecule has 13 aromatic carbocycles. The van der Waals surface area contributed by atoms with Crippen molar-refractivity contribution in [1.29, 1.82) is 0 Å². The quantitative estimate of drug-likeness (QED) is 0.149. The van der Waals surface area contributed by atoms with Gasteiger partial charge in [-0.05, 0) is 146 Å². The average molecular weight is 1140 g/mol. The van der Waals surface area contributed by atoms with Gasteiger partial charge in [-0.15, -0.1) is 0 Å². The zero-order chi connectivity index (χ0) is 69.7. The molecular formula is C82H57BN4O. The standard InChI is InChI=1S/C82H57BN4O/c1-82(2,3)57-49-74-80-75(50-57)87(81-60(54-28-12-6-13-29-54)42-45-77-79(81)64-35-19-23-39-76(64)88-77)71-51-59(85-67-36-20-16-32-61(67)62-33-17-21-37-68(62)85)41-44-66(71)83(80)65-43-40-55(52-24-8-4-9-25-52)46-70(65)86(74)73-48-56(53-26-10-5-11-27-53)47-72-78(73)63-34-18-22-38-69(63)84(72)58-30-14-7-15-31-58/h4-51H,1-3H3/i4D,8D,9D,16D,17D,20D,21D,24D,25D,32D,33D,36D,37D. The van der Waals surface area contributed by atoms with Gasteiger partial charge in [-0.2, -0.15) is 0 Å². The van der Waals surface area contributed by atoms with Gasteiger partial charge in [0, 0.05) is 66.6 Å². The van der Waals surface area contributed by atoms with Gasteiger partial charge in [0.15, 0.2) is 0 Å². The van der Waals surface area contributed by atoms with E-state index in [0.29, 0.717) is 33.8 Å². The Hall–Kier alpha value is -11.1. The summed E-state index contributed by atoms with van der Waals surface area (Å²) in [7, 11) is 0. The monoisotopic (exact) mass is 1140 g/mol. The van der Waals surface area contributed by atoms with Crippen molar-refractivity contribution in [3.8, 4) is 44.8 Å². The van der Waals surface area contributed by atoms with Gasteiger partial charge in [-0.3, -0.25) is 0 Å². The molecule has 0 aliphatic carbocycles. The van der Waals surface area contributed by atoms with Crippen LogP contribution in [0.4, 0.5) is 34.1 Å². The highest BCUT2D eigenvalue weighted by Crippen LogP contribution is 2.54. The van der Waals surface area contributed by atoms with Gasteiger partial charge in [0.05, 0.1) is 56.6 Å². The summed E-state index contributed by atoms with van der Waals surface area (Å²) in [5.74, 6) is 0. The molecule has 0 atom stereocenters. The smallest absolute Gasteiger partial charge is 0.252 e. The number of hydrogen-bond donors (Lipinski definition) is 0. The van der Waals surface area contributed by atoms with E-state index in [-0.39, 0.29) is 39.5 Å². The number of fused-ring (bicyclic) bond motifs is 13. The molecule has 0 saturated heterocycles. The summed E-state index contributed by atoms with van der Waals surface area (Å²) < 4.78 is 131. The van der Waals surface area contributed by atoms with Crippen molar-refractivity contribution in [2.45, 2.75) is 26.2 Å². The van der Waals surface area contributed by atoms with Gasteiger partial charge in [0.1, 0.15) is 11.2 Å². The Morgan fingerprint density at radius 1 is 0.364 bits per heavy atom. The number of anilines is 6. The van der Waals surface area contributed by atoms with Gasteiger partial charge in [-0.25, -0.2) is 0 Å². The molecule has 2 aliphatic rings. The number of nitrogens with zero attached hydrogens (tertiary/aromatic N) is 4. The predicted octanol–water partition coefficient (Wildman–Crippen LogP) is 20.2. The number of para-hydroxylation sites is 5. The minimum atomic E-state index is -0.665. The minimum absolute atomic E-state index is 0.0255. The molecule has 5 nitrogen and oxygen atoms in total. The van der Waals surface area contributed by atoms with Crippen LogP contribution in [0.25, 0.3) is 110 Å². The third-order valence-corrected chi connectivity index (χ3v) is 17.9. The molecule has 0 radical (unpaired) electrons. The lowest BCUT2D eigenvalue weighted by Gasteiger charge is -2.46. The highest BCUT2D eigenvalue weighted by atomic mass is 16.3. The molecule has 6 heteroatoms. The second-order valence-electron chi connectivity index (χ2n) is 23.8. The molecule has 88 heavy (non-hydrogen) atoms. The zero-order valence-corrected chi connectivity index (χ0v) is 48.0. The fourth-order valence-corrected chi connectivity index (χ4v) is 14.1. The normalized spacial score (nSPS) is 14.9. The van der Waals surface area contributed by atoms with E-state index in [1.807, 2.05) is 115 Å². The maximum Gasteiger partial charge on any atom is 0.252 e. The van der Waals surface area contributed by atoms with Crippen molar-refractivity contribution in [3.63, 3.8) is 0 Å². The Morgan fingerprint density at radius 2 is 0.955 bits per heavy atom. The van der Waals surface area contributed by atoms with Crippen LogP contribution in [0, 0.1) is 0 Å². The first-order valence-electron chi connectivity index (χ1n) is 36.0. The molecular weight excluding hydrogens is 1070 g/mol. The van der Waals surface area contributed by atoms with Crippen molar-refractivity contribution < 1.29 is 22.2 Å². The van der Waals surface area contributed by atoms with E-state index >= 15 is 0 Å². The Morgan fingerprint density at radius 3 is 1.68 bits per heavy atom. The molecule has 2 aliphatic heterocycles. The summed E-state index contributed by atoms with van der Waals surface area (Å²) in [6, 6.07) is 65.9. The van der Waals surface area contributed by atoms with E-state index in [1.165, 1.54) is 0 Å². The molecule has 0 fully saturated rings. The molecule has 5 heterocycles. The zero-order valence-electron chi connectivity index (χ0n) is 61.0. The van der Waals surface area contributed by atoms with Crippen molar-refractivity contribution in [3.05, 3.63) is 296 Å². The summed E-state index contributed by atoms with van der Waals surface area (Å²) in [5.41, 5.74) is 15.7. The van der Waals surface area contributed by atoms with Gasteiger partial charge in [0.25, 0.3) is 6.71 Å². The number of aromatic nitrogens is 2. The van der Waals surface area contributed by atoms with Crippen molar-refractivity contribution in [2.24, 2.45) is 0 Å². The predicted molar refractivity (Wildman–Crippen MR) is 371 cm³/mol. The van der Waals surface area contributed by atoms with Gasteiger partial charge in [0.2, 0.25) is 0 Å². The number of benzene rings is 13. The Labute approximate surface area is 529 Å². The van der Waals surface area contributed by atoms with Crippen LogP contribution in [0.2, 0.25) is 0 Å². The van der Waals surface area contributed by atoms with Crippen LogP contribution in [0.5, 0.6) is 0 Å². The summed E-state index contributed by atoms with van der Waals surface area (Å²) in [6.45, 7) is 5.89. The van der Waals surface area contributed by atoms with Crippen LogP contribution in [-0.4, -0.2) is 15.8 Å². The first-order chi connectivity index (χ1) is 48.7. The third-order valence-electron chi connectivity index (χ3n) is 17.9. The van der Waals surface area contributed by atoms with Gasteiger partial charge in [-0.1, -0.05) is 221 Å². The van der Waals surface area contributed by atoms with E-state index in [1.54, 1.807) is 4.57 Å². The van der Waals surface area contributed by atoms with E-state index < -0.39 is 78.6 Å². The highest BCUT2D eigenvalue weighted by Gasteiger charge is 2.46. The number of furan rings is 1. The van der Waals surface area contributed by atoms with Gasteiger partial charge < -0.3 is 23.4 Å². The van der Waals surface area contributed by atoms with Crippen molar-refractivity contribution in [2.75, 3.05) is 9.80 Å². The lowest BCUT2D eigenvalue weighted by Crippen LogP contribution is -2.61. The SMILES string of the molecule is [2H]c1c([2H])c([2H])c(-c2ccc3c(c2)N(c2cc(-c4ccccc4)cc4c2c2ccccc2n4-c2ccccc2)c2cc(C(C)(C)C)cc4c2B3c2ccc(-n3c5c([2H])c([2H])c([2H])c([2H])c5c5c([2H])c([2H])c([2H])c([2H])c53)cc2N4c2c(-c3ccccc3)ccc3oc4ccccc4c23)c([2H])c1[2H]. The average Bonchev–Trinajstić information content (AvgIpc) is 1.62. The number of rotatable bonds is 7. The maximum absolute atomic E-state index is 9.71. The molecule has 18 rings (SSSR count). The molecule has 3 aromatic heterocycles. The second-order valence-corrected chi connectivity index (χ2v) is 23.8. The molecule has 0 bridgehead atoms. The molecule has 0 unspecified atom stereocenters. The van der Waals surface area contributed by atoms with Crippen LogP contribution < -0.4 is 26.2 Å². The Kier molecular flexibility index (Phi) is 8.47. The van der Waals surface area contributed by atoms with Crippen molar-refractivity contribution in [1.82, 2.24) is 9.13 Å². The number of hydrogen-bond acceptors (Lipinski definition) is 3. The lowest BCUT2D eigenvalue weighted by molar-refractivity contribution is 0.590. The topological polar surface area (TPSA) is 29.5 Å². The molecule has 414 valence electrons. The first kappa shape index (κ1) is 38.8. The molecule has 16 aromatic rings. The minimum Gasteiger partial charge on any atom is -0.456 e. The summed E-state index contributed by atoms with van der Waals surface area (Å²) >= 11 is 0. The second kappa shape index (κ2) is 19.2. The fourth-order valence-electron chi connectivity index (χ4n) is 14.1. The van der Waals surface area contributed by atoms with Crippen LogP contribution >= 0.6 is 0 Å². The van der Waals surface area contributed by atoms with Crippen LogP contribution in [0.1, 0.15) is 44.2 Å². The molecule has 0 amide bonds. The highest BCUT2D eigenvalue weighted by molar-refractivity contribution is 7.00.